The van der Waals surface area contributed by atoms with E-state index in [1.54, 1.807) is 6.92 Å². The zero-order valence-electron chi connectivity index (χ0n) is 29.0. The maximum absolute atomic E-state index is 12.9. The van der Waals surface area contributed by atoms with Crippen LogP contribution in [0.3, 0.4) is 0 Å². The predicted octanol–water partition coefficient (Wildman–Crippen LogP) is 0.531. The number of aliphatic hydroxyl groups is 7. The molecule has 4 heterocycles. The second-order valence-electron chi connectivity index (χ2n) is 14.0. The van der Waals surface area contributed by atoms with E-state index in [0.29, 0.717) is 6.42 Å². The zero-order valence-corrected chi connectivity index (χ0v) is 29.0. The van der Waals surface area contributed by atoms with Crippen LogP contribution in [0.25, 0.3) is 0 Å². The summed E-state index contributed by atoms with van der Waals surface area (Å²) in [5.41, 5.74) is 0. The lowest BCUT2D eigenvalue weighted by atomic mass is 9.96. The second-order valence-corrected chi connectivity index (χ2v) is 14.0. The van der Waals surface area contributed by atoms with Gasteiger partial charge >= 0.3 is 5.97 Å². The van der Waals surface area contributed by atoms with E-state index in [1.165, 1.54) is 6.92 Å². The molecule has 286 valence electrons. The highest BCUT2D eigenvalue weighted by molar-refractivity contribution is 5.69. The molecule has 0 aromatic heterocycles. The van der Waals surface area contributed by atoms with Gasteiger partial charge in [0.15, 0.2) is 25.0 Å². The van der Waals surface area contributed by atoms with Gasteiger partial charge in [0, 0.05) is 6.42 Å². The number of hydrogen-bond donors (Lipinski definition) is 7. The maximum atomic E-state index is 12.9. The van der Waals surface area contributed by atoms with Crippen LogP contribution in [-0.2, 0) is 38.0 Å². The molecule has 0 aromatic carbocycles. The molecule has 4 saturated heterocycles. The highest BCUT2D eigenvalue weighted by Gasteiger charge is 2.54. The summed E-state index contributed by atoms with van der Waals surface area (Å²) in [7, 11) is 0. The number of carbonyl (C=O) groups excluding carboxylic acids is 1. The molecular weight excluding hydrogens is 648 g/mol. The first-order valence-electron chi connectivity index (χ1n) is 18.3. The molecule has 49 heavy (non-hydrogen) atoms. The third-order valence-corrected chi connectivity index (χ3v) is 10.1. The lowest BCUT2D eigenvalue weighted by Crippen LogP contribution is -2.66. The number of hydrogen-bond acceptors (Lipinski definition) is 15. The predicted molar refractivity (Wildman–Crippen MR) is 171 cm³/mol. The van der Waals surface area contributed by atoms with Crippen molar-refractivity contribution >= 4 is 5.97 Å². The van der Waals surface area contributed by atoms with E-state index in [0.717, 1.165) is 70.6 Å². The summed E-state index contributed by atoms with van der Waals surface area (Å²) in [6, 6.07) is 0. The largest absolute Gasteiger partial charge is 0.454 e. The summed E-state index contributed by atoms with van der Waals surface area (Å²) in [5.74, 6) is -0.637. The summed E-state index contributed by atoms with van der Waals surface area (Å²) in [5, 5.41) is 75.6. The van der Waals surface area contributed by atoms with Crippen molar-refractivity contribution in [2.24, 2.45) is 0 Å². The normalized spacial score (nSPS) is 45.6. The number of esters is 1. The number of rotatable bonds is 5. The van der Waals surface area contributed by atoms with Crippen LogP contribution in [0.15, 0.2) is 0 Å². The Morgan fingerprint density at radius 2 is 1.10 bits per heavy atom. The van der Waals surface area contributed by atoms with Crippen LogP contribution in [0.2, 0.25) is 0 Å². The van der Waals surface area contributed by atoms with E-state index in [2.05, 4.69) is 6.92 Å². The number of ether oxygens (including phenoxy) is 7. The van der Waals surface area contributed by atoms with Crippen molar-refractivity contribution in [3.63, 3.8) is 0 Å². The van der Waals surface area contributed by atoms with Gasteiger partial charge in [0.1, 0.15) is 54.9 Å². The lowest BCUT2D eigenvalue weighted by molar-refractivity contribution is -0.393. The van der Waals surface area contributed by atoms with E-state index in [9.17, 15) is 40.5 Å². The number of fused-ring (bicyclic) bond motifs is 3. The summed E-state index contributed by atoms with van der Waals surface area (Å²) in [4.78, 5) is 12.9. The van der Waals surface area contributed by atoms with Crippen LogP contribution in [0, 0.1) is 0 Å². The summed E-state index contributed by atoms with van der Waals surface area (Å²) < 4.78 is 42.1. The minimum atomic E-state index is -1.77. The number of carbonyl (C=O) groups is 1. The molecule has 4 fully saturated rings. The molecule has 0 spiro atoms. The van der Waals surface area contributed by atoms with Gasteiger partial charge in [0.2, 0.25) is 0 Å². The first-order chi connectivity index (χ1) is 23.5. The van der Waals surface area contributed by atoms with Crippen molar-refractivity contribution < 1.29 is 73.7 Å². The Hall–Kier alpha value is -1.05. The van der Waals surface area contributed by atoms with Crippen molar-refractivity contribution in [1.82, 2.24) is 0 Å². The summed E-state index contributed by atoms with van der Waals surface area (Å²) in [6.07, 6.45) is -11.0. The Bertz CT molecular complexity index is 974. The molecule has 15 heteroatoms. The van der Waals surface area contributed by atoms with E-state index in [1.807, 2.05) is 0 Å². The van der Waals surface area contributed by atoms with Crippen LogP contribution in [-0.4, -0.2) is 147 Å². The quantitative estimate of drug-likeness (QED) is 0.153. The van der Waals surface area contributed by atoms with E-state index in [4.69, 9.17) is 33.2 Å². The first kappa shape index (κ1) is 40.7. The molecule has 4 rings (SSSR count). The molecule has 0 aliphatic carbocycles. The zero-order chi connectivity index (χ0) is 35.7. The van der Waals surface area contributed by atoms with Gasteiger partial charge < -0.3 is 68.9 Å². The van der Waals surface area contributed by atoms with Gasteiger partial charge in [-0.1, -0.05) is 64.7 Å². The van der Waals surface area contributed by atoms with Gasteiger partial charge in [-0.05, 0) is 33.1 Å². The molecule has 7 N–H and O–H groups in total. The molecule has 0 unspecified atom stereocenters. The van der Waals surface area contributed by atoms with Crippen molar-refractivity contribution in [3.05, 3.63) is 0 Å². The first-order valence-corrected chi connectivity index (χ1v) is 18.3. The Morgan fingerprint density at radius 3 is 1.69 bits per heavy atom. The molecule has 0 aromatic rings. The van der Waals surface area contributed by atoms with Gasteiger partial charge in [-0.25, -0.2) is 0 Å². The Balaban J connectivity index is 1.67. The van der Waals surface area contributed by atoms with Crippen molar-refractivity contribution in [1.29, 1.82) is 0 Å². The second kappa shape index (κ2) is 19.7. The lowest BCUT2D eigenvalue weighted by Gasteiger charge is -2.48. The Kier molecular flexibility index (Phi) is 16.4. The molecule has 4 aliphatic heterocycles. The minimum Gasteiger partial charge on any atom is -0.454 e. The monoisotopic (exact) mass is 708 g/mol. The van der Waals surface area contributed by atoms with Gasteiger partial charge in [0.25, 0.3) is 0 Å². The Morgan fingerprint density at radius 1 is 0.592 bits per heavy atom. The van der Waals surface area contributed by atoms with Gasteiger partial charge in [0.05, 0.1) is 24.9 Å². The van der Waals surface area contributed by atoms with Crippen LogP contribution in [0.4, 0.5) is 0 Å². The third kappa shape index (κ3) is 10.7. The van der Waals surface area contributed by atoms with Crippen LogP contribution in [0.5, 0.6) is 0 Å². The Labute approximate surface area is 288 Å². The SMILES string of the molecule is CCCCC[C@@H]1CCCCCCCCCC(=O)O[C@H]2[C@H](O[C@H]3[C@H](O[C@H]4[C@H](O1)O[C@H](C)[C@H](O)[C@@H]4O)O[C@H](CO)[C@@H](O)[C@@H]3O)O[C@@H](C)[C@H](O)[C@H]2O. The fraction of sp³-hybridized carbons (Fsp3) is 0.971. The molecular formula is C34H60O15. The molecule has 4 aliphatic rings. The number of aliphatic hydroxyl groups excluding tert-OH is 7. The average Bonchev–Trinajstić information content (AvgIpc) is 3.07. The summed E-state index contributed by atoms with van der Waals surface area (Å²) >= 11 is 0. The maximum Gasteiger partial charge on any atom is 0.306 e. The van der Waals surface area contributed by atoms with Crippen molar-refractivity contribution in [3.8, 4) is 0 Å². The van der Waals surface area contributed by atoms with E-state index >= 15 is 0 Å². The topological polar surface area (TPSA) is 223 Å². The van der Waals surface area contributed by atoms with E-state index in [-0.39, 0.29) is 12.5 Å². The van der Waals surface area contributed by atoms with Crippen molar-refractivity contribution in [2.75, 3.05) is 6.61 Å². The van der Waals surface area contributed by atoms with Crippen LogP contribution in [0.1, 0.15) is 104 Å². The third-order valence-electron chi connectivity index (χ3n) is 10.1. The molecule has 0 bridgehead atoms. The highest BCUT2D eigenvalue weighted by Crippen LogP contribution is 2.35. The van der Waals surface area contributed by atoms with Gasteiger partial charge in [-0.2, -0.15) is 0 Å². The summed E-state index contributed by atoms with van der Waals surface area (Å²) in [6.45, 7) is 4.48. The molecule has 15 nitrogen and oxygen atoms in total. The van der Waals surface area contributed by atoms with Gasteiger partial charge in [-0.3, -0.25) is 4.79 Å². The molecule has 0 saturated carbocycles. The fourth-order valence-corrected chi connectivity index (χ4v) is 6.94. The van der Waals surface area contributed by atoms with Crippen LogP contribution >= 0.6 is 0 Å². The highest BCUT2D eigenvalue weighted by atomic mass is 16.8. The van der Waals surface area contributed by atoms with Crippen LogP contribution < -0.4 is 0 Å². The molecule has 0 amide bonds. The van der Waals surface area contributed by atoms with Crippen molar-refractivity contribution in [2.45, 2.75) is 202 Å². The standard InChI is InChI=1S/C34H60O15/c1-4-5-11-14-20-15-12-9-7-6-8-10-13-16-22(36)47-29-26(40)23(37)19(3)44-33(29)48-31-28(42)25(39)21(17-35)46-34(31)49-30-27(41)24(38)18(2)43-32(30)45-20/h18-21,23-35,37-42H,4-17H2,1-3H3/t18-,19+,20-,21-,23+,24+,25-,26-,27+,28+,29-,30-,31-,32+,33+,34+/m1/s1. The fourth-order valence-electron chi connectivity index (χ4n) is 6.94. The average molecular weight is 709 g/mol. The molecule has 16 atom stereocenters. The van der Waals surface area contributed by atoms with E-state index < -0.39 is 105 Å². The number of unbranched alkanes of at least 4 members (excludes halogenated alkanes) is 2. The smallest absolute Gasteiger partial charge is 0.306 e. The minimum absolute atomic E-state index is 0.0673. The van der Waals surface area contributed by atoms with Gasteiger partial charge in [-0.15, -0.1) is 0 Å². The molecule has 0 radical (unpaired) electrons.